The zero-order chi connectivity index (χ0) is 20.5. The van der Waals surface area contributed by atoms with Crippen LogP contribution in [0.1, 0.15) is 10.4 Å². The number of rotatable bonds is 3. The van der Waals surface area contributed by atoms with Crippen molar-refractivity contribution in [2.24, 2.45) is 0 Å². The Hall–Kier alpha value is -2.30. The lowest BCUT2D eigenvalue weighted by Gasteiger charge is -2.12. The maximum absolute atomic E-state index is 13.1. The SMILES string of the molecule is O=C(Nc1cc(Cl)cc(Cl)c1)c1cc(-c2ccc(Cl)cc2Cl)nc2ccccc12. The predicted octanol–water partition coefficient (Wildman–Crippen LogP) is 7.77. The molecule has 0 saturated heterocycles. The van der Waals surface area contributed by atoms with Crippen LogP contribution in [0, 0.1) is 0 Å². The van der Waals surface area contributed by atoms with E-state index in [1.807, 2.05) is 24.3 Å². The number of benzene rings is 3. The van der Waals surface area contributed by atoms with Crippen molar-refractivity contribution in [2.45, 2.75) is 0 Å². The Kier molecular flexibility index (Phi) is 5.66. The van der Waals surface area contributed by atoms with Crippen molar-refractivity contribution < 1.29 is 4.79 Å². The molecule has 0 spiro atoms. The Morgan fingerprint density at radius 2 is 1.52 bits per heavy atom. The molecule has 0 aliphatic rings. The minimum absolute atomic E-state index is 0.312. The van der Waals surface area contributed by atoms with Gasteiger partial charge in [-0.1, -0.05) is 64.6 Å². The van der Waals surface area contributed by atoms with E-state index in [1.165, 1.54) is 0 Å². The van der Waals surface area contributed by atoms with Crippen LogP contribution in [0.5, 0.6) is 0 Å². The number of para-hydroxylation sites is 1. The first-order chi connectivity index (χ1) is 13.9. The Morgan fingerprint density at radius 1 is 0.793 bits per heavy atom. The van der Waals surface area contributed by atoms with E-state index in [4.69, 9.17) is 46.4 Å². The molecule has 1 aromatic heterocycles. The lowest BCUT2D eigenvalue weighted by atomic mass is 10.0. The van der Waals surface area contributed by atoms with Crippen LogP contribution in [-0.2, 0) is 0 Å². The second-order valence-electron chi connectivity index (χ2n) is 6.31. The summed E-state index contributed by atoms with van der Waals surface area (Å²) in [7, 11) is 0. The molecule has 4 rings (SSSR count). The Morgan fingerprint density at radius 3 is 2.24 bits per heavy atom. The average Bonchev–Trinajstić information content (AvgIpc) is 2.66. The number of halogens is 4. The van der Waals surface area contributed by atoms with E-state index in [0.717, 1.165) is 0 Å². The van der Waals surface area contributed by atoms with Gasteiger partial charge in [0.05, 0.1) is 21.8 Å². The molecule has 144 valence electrons. The molecule has 29 heavy (non-hydrogen) atoms. The third kappa shape index (κ3) is 4.34. The molecule has 3 nitrogen and oxygen atoms in total. The van der Waals surface area contributed by atoms with E-state index in [2.05, 4.69) is 10.3 Å². The highest BCUT2D eigenvalue weighted by molar-refractivity contribution is 6.36. The molecular formula is C22H12Cl4N2O. The van der Waals surface area contributed by atoms with E-state index in [1.54, 1.807) is 42.5 Å². The standard InChI is InChI=1S/C22H12Cl4N2O/c23-12-5-6-17(19(26)10-12)21-11-18(16-3-1-2-4-20(16)28-21)22(29)27-15-8-13(24)7-14(25)9-15/h1-11H,(H,27,29). The molecule has 0 saturated carbocycles. The van der Waals surface area contributed by atoms with E-state index in [9.17, 15) is 4.79 Å². The fraction of sp³-hybridized carbons (Fsp3) is 0. The smallest absolute Gasteiger partial charge is 0.256 e. The fourth-order valence-electron chi connectivity index (χ4n) is 3.02. The number of fused-ring (bicyclic) bond motifs is 1. The van der Waals surface area contributed by atoms with E-state index in [-0.39, 0.29) is 5.91 Å². The monoisotopic (exact) mass is 460 g/mol. The van der Waals surface area contributed by atoms with Gasteiger partial charge in [0.15, 0.2) is 0 Å². The number of anilines is 1. The van der Waals surface area contributed by atoms with Crippen LogP contribution >= 0.6 is 46.4 Å². The molecule has 3 aromatic carbocycles. The number of amides is 1. The summed E-state index contributed by atoms with van der Waals surface area (Å²) in [4.78, 5) is 17.8. The van der Waals surface area contributed by atoms with Crippen molar-refractivity contribution in [1.82, 2.24) is 4.98 Å². The molecule has 0 unspecified atom stereocenters. The third-order valence-electron chi connectivity index (χ3n) is 4.29. The maximum atomic E-state index is 13.1. The lowest BCUT2D eigenvalue weighted by Crippen LogP contribution is -2.13. The maximum Gasteiger partial charge on any atom is 0.256 e. The van der Waals surface area contributed by atoms with Gasteiger partial charge in [0.2, 0.25) is 0 Å². The van der Waals surface area contributed by atoms with Crippen LogP contribution in [0.2, 0.25) is 20.1 Å². The fourth-order valence-corrected chi connectivity index (χ4v) is 4.05. The molecule has 0 aliphatic heterocycles. The van der Waals surface area contributed by atoms with Gasteiger partial charge in [-0.3, -0.25) is 4.79 Å². The molecule has 4 aromatic rings. The lowest BCUT2D eigenvalue weighted by molar-refractivity contribution is 0.102. The van der Waals surface area contributed by atoms with Gasteiger partial charge in [0, 0.05) is 31.7 Å². The summed E-state index contributed by atoms with van der Waals surface area (Å²) in [6.45, 7) is 0. The topological polar surface area (TPSA) is 42.0 Å². The summed E-state index contributed by atoms with van der Waals surface area (Å²) in [5.74, 6) is -0.312. The van der Waals surface area contributed by atoms with E-state index < -0.39 is 0 Å². The Balaban J connectivity index is 1.83. The highest BCUT2D eigenvalue weighted by Crippen LogP contribution is 2.32. The molecule has 7 heteroatoms. The minimum atomic E-state index is -0.312. The van der Waals surface area contributed by atoms with Gasteiger partial charge in [0.25, 0.3) is 5.91 Å². The van der Waals surface area contributed by atoms with Crippen LogP contribution in [0.3, 0.4) is 0 Å². The van der Waals surface area contributed by atoms with Crippen LogP contribution < -0.4 is 5.32 Å². The molecule has 0 atom stereocenters. The van der Waals surface area contributed by atoms with E-state index >= 15 is 0 Å². The van der Waals surface area contributed by atoms with Gasteiger partial charge in [-0.15, -0.1) is 0 Å². The number of carbonyl (C=O) groups excluding carboxylic acids is 1. The Bertz CT molecular complexity index is 1240. The van der Waals surface area contributed by atoms with Gasteiger partial charge in [0.1, 0.15) is 0 Å². The summed E-state index contributed by atoms with van der Waals surface area (Å²) in [5.41, 5.74) is 2.87. The first-order valence-electron chi connectivity index (χ1n) is 8.53. The number of hydrogen-bond donors (Lipinski definition) is 1. The summed E-state index contributed by atoms with van der Waals surface area (Å²) >= 11 is 24.4. The van der Waals surface area contributed by atoms with Gasteiger partial charge in [-0.05, 0) is 48.5 Å². The van der Waals surface area contributed by atoms with Crippen LogP contribution in [0.15, 0.2) is 66.7 Å². The van der Waals surface area contributed by atoms with Crippen LogP contribution in [-0.4, -0.2) is 10.9 Å². The molecular weight excluding hydrogens is 450 g/mol. The highest BCUT2D eigenvalue weighted by atomic mass is 35.5. The molecule has 1 N–H and O–H groups in total. The predicted molar refractivity (Wildman–Crippen MR) is 122 cm³/mol. The van der Waals surface area contributed by atoms with Gasteiger partial charge < -0.3 is 5.32 Å². The summed E-state index contributed by atoms with van der Waals surface area (Å²) in [6.07, 6.45) is 0. The van der Waals surface area contributed by atoms with Crippen molar-refractivity contribution in [1.29, 1.82) is 0 Å². The normalized spacial score (nSPS) is 10.9. The number of nitrogens with one attached hydrogen (secondary N) is 1. The molecule has 1 heterocycles. The van der Waals surface area contributed by atoms with E-state index in [0.29, 0.717) is 53.5 Å². The number of carbonyl (C=O) groups is 1. The first-order valence-corrected chi connectivity index (χ1v) is 10.0. The second kappa shape index (κ2) is 8.21. The highest BCUT2D eigenvalue weighted by Gasteiger charge is 2.16. The number of aromatic nitrogens is 1. The van der Waals surface area contributed by atoms with Gasteiger partial charge in [-0.2, -0.15) is 0 Å². The van der Waals surface area contributed by atoms with Crippen LogP contribution in [0.4, 0.5) is 5.69 Å². The molecule has 1 amide bonds. The van der Waals surface area contributed by atoms with Crippen LogP contribution in [0.25, 0.3) is 22.2 Å². The zero-order valence-electron chi connectivity index (χ0n) is 14.7. The quantitative estimate of drug-likeness (QED) is 0.338. The first kappa shape index (κ1) is 20.0. The molecule has 0 aliphatic carbocycles. The van der Waals surface area contributed by atoms with Gasteiger partial charge >= 0.3 is 0 Å². The summed E-state index contributed by atoms with van der Waals surface area (Å²) in [6, 6.07) is 19.1. The van der Waals surface area contributed by atoms with Crippen molar-refractivity contribution in [3.8, 4) is 11.3 Å². The molecule has 0 radical (unpaired) electrons. The number of pyridine rings is 1. The average molecular weight is 462 g/mol. The Labute approximate surface area is 187 Å². The van der Waals surface area contributed by atoms with Crippen molar-refractivity contribution in [2.75, 3.05) is 5.32 Å². The summed E-state index contributed by atoms with van der Waals surface area (Å²) in [5, 5.41) is 5.40. The van der Waals surface area contributed by atoms with Crippen molar-refractivity contribution in [3.63, 3.8) is 0 Å². The van der Waals surface area contributed by atoms with Gasteiger partial charge in [-0.25, -0.2) is 4.98 Å². The molecule has 0 bridgehead atoms. The molecule has 0 fully saturated rings. The van der Waals surface area contributed by atoms with Crippen molar-refractivity contribution >= 4 is 68.9 Å². The number of nitrogens with zero attached hydrogens (tertiary/aromatic N) is 1. The third-order valence-corrected chi connectivity index (χ3v) is 5.27. The zero-order valence-corrected chi connectivity index (χ0v) is 17.7. The number of hydrogen-bond acceptors (Lipinski definition) is 2. The largest absolute Gasteiger partial charge is 0.322 e. The summed E-state index contributed by atoms with van der Waals surface area (Å²) < 4.78 is 0. The van der Waals surface area contributed by atoms with Crippen molar-refractivity contribution in [3.05, 3.63) is 92.4 Å². The minimum Gasteiger partial charge on any atom is -0.322 e. The second-order valence-corrected chi connectivity index (χ2v) is 8.03.